The number of aromatic nitrogens is 1. The predicted octanol–water partition coefficient (Wildman–Crippen LogP) is 4.14. The Kier molecular flexibility index (Phi) is 3.68. The van der Waals surface area contributed by atoms with E-state index in [4.69, 9.17) is 4.42 Å². The van der Waals surface area contributed by atoms with Gasteiger partial charge in [-0.25, -0.2) is 0 Å². The fraction of sp³-hybridized carbons (Fsp3) is 0.350. The van der Waals surface area contributed by atoms with Crippen LogP contribution in [0.5, 0.6) is 0 Å². The van der Waals surface area contributed by atoms with Crippen molar-refractivity contribution in [3.8, 4) is 0 Å². The molecular formula is C20H22N2O2. The van der Waals surface area contributed by atoms with Crippen LogP contribution < -0.4 is 0 Å². The number of fused-ring (bicyclic) bond motifs is 1. The van der Waals surface area contributed by atoms with Gasteiger partial charge in [-0.05, 0) is 32.3 Å². The summed E-state index contributed by atoms with van der Waals surface area (Å²) in [5, 5.41) is 0. The van der Waals surface area contributed by atoms with E-state index in [-0.39, 0.29) is 5.91 Å². The number of rotatable bonds is 3. The number of likely N-dealkylation sites (tertiary alicyclic amines) is 1. The van der Waals surface area contributed by atoms with Crippen LogP contribution in [0.15, 0.2) is 40.8 Å². The van der Waals surface area contributed by atoms with Gasteiger partial charge in [0.2, 0.25) is 0 Å². The van der Waals surface area contributed by atoms with Crippen molar-refractivity contribution in [1.29, 1.82) is 0 Å². The topological polar surface area (TPSA) is 38.4 Å². The van der Waals surface area contributed by atoms with Crippen LogP contribution in [0.3, 0.4) is 0 Å². The van der Waals surface area contributed by atoms with Gasteiger partial charge in [0, 0.05) is 31.8 Å². The Morgan fingerprint density at radius 2 is 1.79 bits per heavy atom. The fourth-order valence-corrected chi connectivity index (χ4v) is 3.47. The highest BCUT2D eigenvalue weighted by atomic mass is 16.3. The molecule has 2 aromatic heterocycles. The molecule has 1 fully saturated rings. The normalized spacial score (nSPS) is 14.7. The van der Waals surface area contributed by atoms with Gasteiger partial charge < -0.3 is 13.9 Å². The molecule has 0 unspecified atom stereocenters. The molecule has 1 amide bonds. The monoisotopic (exact) mass is 322 g/mol. The van der Waals surface area contributed by atoms with Gasteiger partial charge in [0.1, 0.15) is 11.5 Å². The van der Waals surface area contributed by atoms with Crippen LogP contribution in [0, 0.1) is 13.8 Å². The van der Waals surface area contributed by atoms with Gasteiger partial charge in [-0.15, -0.1) is 0 Å². The second-order valence-electron chi connectivity index (χ2n) is 6.71. The summed E-state index contributed by atoms with van der Waals surface area (Å²) in [5.41, 5.74) is 4.94. The second-order valence-corrected chi connectivity index (χ2v) is 6.71. The first-order chi connectivity index (χ1) is 11.6. The lowest BCUT2D eigenvalue weighted by Gasteiger charge is -2.17. The first-order valence-electron chi connectivity index (χ1n) is 8.56. The van der Waals surface area contributed by atoms with Crippen molar-refractivity contribution in [3.05, 3.63) is 59.0 Å². The third-order valence-electron chi connectivity index (χ3n) is 4.79. The van der Waals surface area contributed by atoms with Crippen molar-refractivity contribution >= 4 is 17.0 Å². The quantitative estimate of drug-likeness (QED) is 0.727. The maximum atomic E-state index is 12.9. The molecule has 0 N–H and O–H groups in total. The smallest absolute Gasteiger partial charge is 0.270 e. The molecule has 4 heteroatoms. The van der Waals surface area contributed by atoms with Crippen molar-refractivity contribution in [2.45, 2.75) is 33.2 Å². The largest absolute Gasteiger partial charge is 0.460 e. The number of nitrogens with zero attached hydrogens (tertiary/aromatic N) is 2. The number of carbonyl (C=O) groups is 1. The molecule has 4 nitrogen and oxygen atoms in total. The highest BCUT2D eigenvalue weighted by Gasteiger charge is 2.25. The number of amides is 1. The second kappa shape index (κ2) is 5.86. The van der Waals surface area contributed by atoms with Crippen LogP contribution in [0.25, 0.3) is 11.1 Å². The molecule has 3 aromatic rings. The van der Waals surface area contributed by atoms with Crippen LogP contribution in [0.4, 0.5) is 0 Å². The summed E-state index contributed by atoms with van der Waals surface area (Å²) in [6, 6.07) is 12.4. The minimum absolute atomic E-state index is 0.115. The van der Waals surface area contributed by atoms with Crippen LogP contribution in [0.2, 0.25) is 0 Å². The van der Waals surface area contributed by atoms with E-state index in [1.54, 1.807) is 0 Å². The van der Waals surface area contributed by atoms with E-state index in [1.807, 2.05) is 24.0 Å². The van der Waals surface area contributed by atoms with E-state index in [2.05, 4.69) is 35.8 Å². The molecule has 0 bridgehead atoms. The first-order valence-corrected chi connectivity index (χ1v) is 8.56. The minimum Gasteiger partial charge on any atom is -0.460 e. The van der Waals surface area contributed by atoms with Crippen molar-refractivity contribution in [2.24, 2.45) is 0 Å². The molecule has 0 saturated carbocycles. The van der Waals surface area contributed by atoms with Crippen molar-refractivity contribution < 1.29 is 9.21 Å². The summed E-state index contributed by atoms with van der Waals surface area (Å²) in [6.45, 7) is 6.42. The van der Waals surface area contributed by atoms with Gasteiger partial charge >= 0.3 is 0 Å². The van der Waals surface area contributed by atoms with Gasteiger partial charge in [-0.1, -0.05) is 29.8 Å². The minimum atomic E-state index is 0.115. The molecule has 1 aliphatic rings. The molecule has 4 rings (SSSR count). The Hall–Kier alpha value is -2.49. The zero-order chi connectivity index (χ0) is 16.7. The van der Waals surface area contributed by atoms with Gasteiger partial charge in [0.15, 0.2) is 5.58 Å². The lowest BCUT2D eigenvalue weighted by atomic mass is 10.1. The standard InChI is InChI=1S/C20H22N2O2/c1-14-5-7-16(8-6-14)13-22-17-11-15(2)24-19(17)12-18(22)20(23)21-9-3-4-10-21/h5-8,11-12H,3-4,9-10,13H2,1-2H3. The maximum absolute atomic E-state index is 12.9. The van der Waals surface area contributed by atoms with Gasteiger partial charge in [-0.3, -0.25) is 4.79 Å². The number of furan rings is 1. The summed E-state index contributed by atoms with van der Waals surface area (Å²) < 4.78 is 7.86. The zero-order valence-corrected chi connectivity index (χ0v) is 14.2. The van der Waals surface area contributed by atoms with Crippen LogP contribution in [-0.2, 0) is 6.54 Å². The Morgan fingerprint density at radius 3 is 2.50 bits per heavy atom. The zero-order valence-electron chi connectivity index (χ0n) is 14.2. The van der Waals surface area contributed by atoms with Gasteiger partial charge in [-0.2, -0.15) is 0 Å². The molecule has 1 aromatic carbocycles. The average molecular weight is 322 g/mol. The highest BCUT2D eigenvalue weighted by molar-refractivity contribution is 5.97. The molecule has 1 aliphatic heterocycles. The van der Waals surface area contributed by atoms with Crippen molar-refractivity contribution in [1.82, 2.24) is 9.47 Å². The number of aryl methyl sites for hydroxylation is 2. The summed E-state index contributed by atoms with van der Waals surface area (Å²) >= 11 is 0. The fourth-order valence-electron chi connectivity index (χ4n) is 3.47. The van der Waals surface area contributed by atoms with E-state index in [9.17, 15) is 4.79 Å². The molecule has 0 atom stereocenters. The maximum Gasteiger partial charge on any atom is 0.270 e. The Bertz CT molecular complexity index is 880. The molecule has 1 saturated heterocycles. The Labute approximate surface area is 141 Å². The average Bonchev–Trinajstić information content (AvgIpc) is 3.26. The number of hydrogen-bond donors (Lipinski definition) is 0. The predicted molar refractivity (Wildman–Crippen MR) is 94.4 cm³/mol. The van der Waals surface area contributed by atoms with Gasteiger partial charge in [0.25, 0.3) is 5.91 Å². The summed E-state index contributed by atoms with van der Waals surface area (Å²) in [5.74, 6) is 0.987. The number of hydrogen-bond acceptors (Lipinski definition) is 2. The first kappa shape index (κ1) is 15.1. The van der Waals surface area contributed by atoms with E-state index >= 15 is 0 Å². The molecule has 3 heterocycles. The van der Waals surface area contributed by atoms with Crippen LogP contribution >= 0.6 is 0 Å². The highest BCUT2D eigenvalue weighted by Crippen LogP contribution is 2.26. The van der Waals surface area contributed by atoms with E-state index in [0.717, 1.165) is 48.5 Å². The van der Waals surface area contributed by atoms with E-state index < -0.39 is 0 Å². The lowest BCUT2D eigenvalue weighted by molar-refractivity contribution is 0.0783. The number of carbonyl (C=O) groups excluding carboxylic acids is 1. The molecule has 0 spiro atoms. The van der Waals surface area contributed by atoms with Crippen molar-refractivity contribution in [3.63, 3.8) is 0 Å². The molecule has 0 radical (unpaired) electrons. The third kappa shape index (κ3) is 2.62. The molecular weight excluding hydrogens is 300 g/mol. The van der Waals surface area contributed by atoms with Crippen LogP contribution in [-0.4, -0.2) is 28.5 Å². The molecule has 124 valence electrons. The van der Waals surface area contributed by atoms with Crippen molar-refractivity contribution in [2.75, 3.05) is 13.1 Å². The Morgan fingerprint density at radius 1 is 1.08 bits per heavy atom. The SMILES string of the molecule is Cc1ccc(Cn2c(C(=O)N3CCCC3)cc3oc(C)cc32)cc1. The van der Waals surface area contributed by atoms with Gasteiger partial charge in [0.05, 0.1) is 5.52 Å². The van der Waals surface area contributed by atoms with E-state index in [0.29, 0.717) is 6.54 Å². The third-order valence-corrected chi connectivity index (χ3v) is 4.79. The summed E-state index contributed by atoms with van der Waals surface area (Å²) in [4.78, 5) is 14.9. The number of benzene rings is 1. The molecule has 0 aliphatic carbocycles. The van der Waals surface area contributed by atoms with E-state index in [1.165, 1.54) is 11.1 Å². The van der Waals surface area contributed by atoms with Crippen LogP contribution in [0.1, 0.15) is 40.2 Å². The summed E-state index contributed by atoms with van der Waals surface area (Å²) in [6.07, 6.45) is 2.19. The lowest BCUT2D eigenvalue weighted by Crippen LogP contribution is -2.29. The Balaban J connectivity index is 1.76. The summed E-state index contributed by atoms with van der Waals surface area (Å²) in [7, 11) is 0. The molecule has 24 heavy (non-hydrogen) atoms.